The highest BCUT2D eigenvalue weighted by Crippen LogP contribution is 2.43. The van der Waals surface area contributed by atoms with Gasteiger partial charge < -0.3 is 19.4 Å². The van der Waals surface area contributed by atoms with Crippen molar-refractivity contribution in [2.24, 2.45) is 0 Å². The van der Waals surface area contributed by atoms with Gasteiger partial charge >= 0.3 is 5.97 Å². The topological polar surface area (TPSA) is 117 Å². The summed E-state index contributed by atoms with van der Waals surface area (Å²) in [6.45, 7) is 1.92. The molecule has 0 saturated heterocycles. The first-order valence-corrected chi connectivity index (χ1v) is 11.2. The number of benzene rings is 3. The number of ketones is 1. The highest BCUT2D eigenvalue weighted by atomic mass is 16.5. The molecule has 8 nitrogen and oxygen atoms in total. The number of Topliss-reactive ketones (excluding diaryl/α,β-unsaturated/α-hetero) is 1. The summed E-state index contributed by atoms with van der Waals surface area (Å²) < 4.78 is 10.7. The minimum atomic E-state index is -1.06. The number of carbonyl (C=O) groups excluding carboxylic acids is 3. The molecule has 0 radical (unpaired) electrons. The first-order valence-electron chi connectivity index (χ1n) is 11.2. The number of ether oxygens (including phenoxy) is 1. The number of aliphatic hydroxyl groups is 1. The van der Waals surface area contributed by atoms with Crippen molar-refractivity contribution in [3.05, 3.63) is 107 Å². The summed E-state index contributed by atoms with van der Waals surface area (Å²) in [6, 6.07) is 19.7. The maximum absolute atomic E-state index is 13.6. The van der Waals surface area contributed by atoms with E-state index in [4.69, 9.17) is 9.15 Å². The molecular formula is C28H21NO7. The Hall–Kier alpha value is -4.85. The number of hydrogen-bond acceptors (Lipinski definition) is 7. The lowest BCUT2D eigenvalue weighted by atomic mass is 9.94. The highest BCUT2D eigenvalue weighted by Gasteiger charge is 2.45. The van der Waals surface area contributed by atoms with Gasteiger partial charge in [-0.1, -0.05) is 30.3 Å². The number of nitrogens with zero attached hydrogens (tertiary/aromatic N) is 1. The average Bonchev–Trinajstić information content (AvgIpc) is 3.43. The zero-order valence-electron chi connectivity index (χ0n) is 19.2. The SMILES string of the molecule is CCOC(=O)c1ccc(N2C(=O)C(O)=C(C(=O)c3cc4ccccc4o3)C2c2cccc(O)c2)cc1. The number of aliphatic hydroxyl groups excluding tert-OH is 1. The van der Waals surface area contributed by atoms with Gasteiger partial charge in [0, 0.05) is 11.1 Å². The van der Waals surface area contributed by atoms with E-state index in [2.05, 4.69) is 0 Å². The van der Waals surface area contributed by atoms with Gasteiger partial charge in [-0.05, 0) is 61.0 Å². The Bertz CT molecular complexity index is 1500. The zero-order valence-corrected chi connectivity index (χ0v) is 19.2. The molecule has 2 heterocycles. The monoisotopic (exact) mass is 483 g/mol. The van der Waals surface area contributed by atoms with Crippen LogP contribution in [0, 0.1) is 0 Å². The molecule has 1 aliphatic heterocycles. The van der Waals surface area contributed by atoms with E-state index in [1.54, 1.807) is 49.4 Å². The molecule has 1 aromatic heterocycles. The molecule has 0 fully saturated rings. The molecule has 1 unspecified atom stereocenters. The van der Waals surface area contributed by atoms with Crippen molar-refractivity contribution in [2.75, 3.05) is 11.5 Å². The van der Waals surface area contributed by atoms with E-state index in [9.17, 15) is 24.6 Å². The fourth-order valence-corrected chi connectivity index (χ4v) is 4.31. The van der Waals surface area contributed by atoms with Crippen molar-refractivity contribution >= 4 is 34.3 Å². The average molecular weight is 483 g/mol. The molecule has 36 heavy (non-hydrogen) atoms. The van der Waals surface area contributed by atoms with E-state index in [-0.39, 0.29) is 29.3 Å². The van der Waals surface area contributed by atoms with Crippen LogP contribution in [0.4, 0.5) is 5.69 Å². The fraction of sp³-hybridized carbons (Fsp3) is 0.107. The Morgan fingerprint density at radius 3 is 2.42 bits per heavy atom. The minimum absolute atomic E-state index is 0.0322. The van der Waals surface area contributed by atoms with Gasteiger partial charge in [-0.3, -0.25) is 14.5 Å². The molecule has 1 aliphatic rings. The second kappa shape index (κ2) is 9.07. The van der Waals surface area contributed by atoms with Crippen molar-refractivity contribution in [1.29, 1.82) is 0 Å². The number of furan rings is 1. The van der Waals surface area contributed by atoms with E-state index < -0.39 is 29.5 Å². The van der Waals surface area contributed by atoms with Crippen molar-refractivity contribution in [2.45, 2.75) is 13.0 Å². The molecule has 0 spiro atoms. The Morgan fingerprint density at radius 2 is 1.72 bits per heavy atom. The number of rotatable bonds is 6. The number of amides is 1. The number of carbonyl (C=O) groups is 3. The smallest absolute Gasteiger partial charge is 0.338 e. The summed E-state index contributed by atoms with van der Waals surface area (Å²) in [5.74, 6) is -2.79. The Balaban J connectivity index is 1.60. The number of hydrogen-bond donors (Lipinski definition) is 2. The number of fused-ring (bicyclic) bond motifs is 1. The van der Waals surface area contributed by atoms with E-state index >= 15 is 0 Å². The van der Waals surface area contributed by atoms with Gasteiger partial charge in [0.2, 0.25) is 5.78 Å². The highest BCUT2D eigenvalue weighted by molar-refractivity contribution is 6.20. The van der Waals surface area contributed by atoms with Gasteiger partial charge in [0.1, 0.15) is 11.3 Å². The normalized spacial score (nSPS) is 15.5. The molecular weight excluding hydrogens is 462 g/mol. The van der Waals surface area contributed by atoms with Gasteiger partial charge in [0.25, 0.3) is 5.91 Å². The van der Waals surface area contributed by atoms with E-state index in [0.717, 1.165) is 0 Å². The Morgan fingerprint density at radius 1 is 0.972 bits per heavy atom. The largest absolute Gasteiger partial charge is 0.508 e. The van der Waals surface area contributed by atoms with Crippen molar-refractivity contribution in [3.8, 4) is 5.75 Å². The second-order valence-electron chi connectivity index (χ2n) is 8.18. The number of aromatic hydroxyl groups is 1. The summed E-state index contributed by atoms with van der Waals surface area (Å²) in [6.07, 6.45) is 0. The van der Waals surface area contributed by atoms with Crippen LogP contribution < -0.4 is 4.90 Å². The summed E-state index contributed by atoms with van der Waals surface area (Å²) in [5.41, 5.74) is 1.34. The van der Waals surface area contributed by atoms with Crippen LogP contribution in [-0.4, -0.2) is 34.5 Å². The summed E-state index contributed by atoms with van der Waals surface area (Å²) >= 11 is 0. The summed E-state index contributed by atoms with van der Waals surface area (Å²) in [5, 5.41) is 21.7. The number of phenolic OH excluding ortho intramolecular Hbond substituents is 1. The van der Waals surface area contributed by atoms with Crippen molar-refractivity contribution in [3.63, 3.8) is 0 Å². The lowest BCUT2D eigenvalue weighted by molar-refractivity contribution is -0.117. The number of anilines is 1. The van der Waals surface area contributed by atoms with Crippen LogP contribution in [0.2, 0.25) is 0 Å². The van der Waals surface area contributed by atoms with Crippen LogP contribution in [0.25, 0.3) is 11.0 Å². The molecule has 180 valence electrons. The Labute approximate surface area is 205 Å². The third-order valence-corrected chi connectivity index (χ3v) is 5.94. The minimum Gasteiger partial charge on any atom is -0.508 e. The summed E-state index contributed by atoms with van der Waals surface area (Å²) in [4.78, 5) is 40.2. The fourth-order valence-electron chi connectivity index (χ4n) is 4.31. The maximum atomic E-state index is 13.6. The first-order chi connectivity index (χ1) is 17.4. The third-order valence-electron chi connectivity index (χ3n) is 5.94. The number of esters is 1. The van der Waals surface area contributed by atoms with E-state index in [0.29, 0.717) is 22.2 Å². The van der Waals surface area contributed by atoms with Crippen LogP contribution in [-0.2, 0) is 9.53 Å². The zero-order chi connectivity index (χ0) is 25.4. The molecule has 5 rings (SSSR count). The van der Waals surface area contributed by atoms with Crippen LogP contribution >= 0.6 is 0 Å². The molecule has 0 saturated carbocycles. The molecule has 4 aromatic rings. The Kier molecular flexibility index (Phi) is 5.77. The first kappa shape index (κ1) is 22.9. The molecule has 1 amide bonds. The molecule has 1 atom stereocenters. The number of phenols is 1. The van der Waals surface area contributed by atoms with Crippen LogP contribution in [0.15, 0.2) is 94.6 Å². The lowest BCUT2D eigenvalue weighted by Crippen LogP contribution is -2.31. The van der Waals surface area contributed by atoms with Gasteiger partial charge in [-0.15, -0.1) is 0 Å². The predicted molar refractivity (Wildman–Crippen MR) is 131 cm³/mol. The molecule has 0 bridgehead atoms. The van der Waals surface area contributed by atoms with Gasteiger partial charge in [-0.2, -0.15) is 0 Å². The molecule has 0 aliphatic carbocycles. The molecule has 2 N–H and O–H groups in total. The van der Waals surface area contributed by atoms with Crippen molar-refractivity contribution in [1.82, 2.24) is 0 Å². The van der Waals surface area contributed by atoms with E-state index in [1.165, 1.54) is 41.3 Å². The van der Waals surface area contributed by atoms with Gasteiger partial charge in [0.15, 0.2) is 11.5 Å². The lowest BCUT2D eigenvalue weighted by Gasteiger charge is -2.27. The molecule has 8 heteroatoms. The number of para-hydroxylation sites is 1. The summed E-state index contributed by atoms with van der Waals surface area (Å²) in [7, 11) is 0. The van der Waals surface area contributed by atoms with E-state index in [1.807, 2.05) is 0 Å². The predicted octanol–water partition coefficient (Wildman–Crippen LogP) is 5.10. The van der Waals surface area contributed by atoms with Crippen LogP contribution in [0.3, 0.4) is 0 Å². The maximum Gasteiger partial charge on any atom is 0.338 e. The molecule has 3 aromatic carbocycles. The van der Waals surface area contributed by atoms with Crippen molar-refractivity contribution < 1.29 is 33.8 Å². The van der Waals surface area contributed by atoms with Gasteiger partial charge in [0.05, 0.1) is 23.8 Å². The van der Waals surface area contributed by atoms with Crippen LogP contribution in [0.5, 0.6) is 5.75 Å². The second-order valence-corrected chi connectivity index (χ2v) is 8.18. The standard InChI is InChI=1S/C28H21NO7/c1-2-35-28(34)16-10-12-19(13-11-16)29-24(18-7-5-8-20(30)14-18)23(26(32)27(29)33)25(31)22-15-17-6-3-4-9-21(17)36-22/h3-15,24,30,32H,2H2,1H3. The third kappa shape index (κ3) is 3.88. The van der Waals surface area contributed by atoms with Crippen LogP contribution in [0.1, 0.15) is 39.4 Å². The van der Waals surface area contributed by atoms with Gasteiger partial charge in [-0.25, -0.2) is 4.79 Å². The quantitative estimate of drug-likeness (QED) is 0.289.